The van der Waals surface area contributed by atoms with Gasteiger partial charge in [0, 0.05) is 11.4 Å². The number of nitrogens with one attached hydrogen (secondary N) is 3. The minimum absolute atomic E-state index is 0.0490. The van der Waals surface area contributed by atoms with Crippen LogP contribution in [0.4, 0.5) is 4.79 Å². The SMILES string of the molecule is C=CCNC(=O)NC(=O)CSc1n[nH]c(/C=C/c2cccs2)n1. The van der Waals surface area contributed by atoms with Crippen LogP contribution >= 0.6 is 23.1 Å². The molecule has 2 heterocycles. The van der Waals surface area contributed by atoms with E-state index in [1.165, 1.54) is 6.08 Å². The Morgan fingerprint density at radius 1 is 1.43 bits per heavy atom. The second-order valence-corrected chi connectivity index (χ2v) is 6.11. The number of carbonyl (C=O) groups excluding carboxylic acids is 2. The summed E-state index contributed by atoms with van der Waals surface area (Å²) in [5, 5.41) is 13.9. The second kappa shape index (κ2) is 8.91. The molecule has 0 unspecified atom stereocenters. The third kappa shape index (κ3) is 6.09. The molecule has 3 amide bonds. The van der Waals surface area contributed by atoms with Crippen molar-refractivity contribution in [1.29, 1.82) is 0 Å². The molecule has 0 bridgehead atoms. The van der Waals surface area contributed by atoms with Gasteiger partial charge in [-0.25, -0.2) is 9.78 Å². The Kier molecular flexibility index (Phi) is 6.57. The van der Waals surface area contributed by atoms with Crippen LogP contribution in [0.3, 0.4) is 0 Å². The summed E-state index contributed by atoms with van der Waals surface area (Å²) >= 11 is 2.76. The summed E-state index contributed by atoms with van der Waals surface area (Å²) in [4.78, 5) is 28.2. The zero-order chi connectivity index (χ0) is 16.5. The average molecular weight is 349 g/mol. The minimum Gasteiger partial charge on any atom is -0.334 e. The Labute approximate surface area is 141 Å². The highest BCUT2D eigenvalue weighted by Crippen LogP contribution is 2.14. The van der Waals surface area contributed by atoms with Crippen molar-refractivity contribution < 1.29 is 9.59 Å². The van der Waals surface area contributed by atoms with Gasteiger partial charge < -0.3 is 5.32 Å². The van der Waals surface area contributed by atoms with Gasteiger partial charge in [-0.1, -0.05) is 23.9 Å². The number of aromatic nitrogens is 3. The van der Waals surface area contributed by atoms with E-state index >= 15 is 0 Å². The summed E-state index contributed by atoms with van der Waals surface area (Å²) in [6.45, 7) is 3.76. The standard InChI is InChI=1S/C14H15N5O2S2/c1-2-7-15-13(21)17-12(20)9-23-14-16-11(18-19-14)6-5-10-4-3-8-22-10/h2-6,8H,1,7,9H2,(H,16,18,19)(H2,15,17,20,21)/b6-5+. The van der Waals surface area contributed by atoms with Crippen LogP contribution in [0.25, 0.3) is 12.2 Å². The van der Waals surface area contributed by atoms with Crippen molar-refractivity contribution in [3.63, 3.8) is 0 Å². The number of imide groups is 1. The molecule has 2 aromatic rings. The number of aromatic amines is 1. The third-order valence-corrected chi connectivity index (χ3v) is 4.11. The van der Waals surface area contributed by atoms with Gasteiger partial charge in [-0.15, -0.1) is 23.0 Å². The van der Waals surface area contributed by atoms with E-state index in [2.05, 4.69) is 32.4 Å². The molecule has 120 valence electrons. The lowest BCUT2D eigenvalue weighted by molar-refractivity contribution is -0.117. The van der Waals surface area contributed by atoms with E-state index in [-0.39, 0.29) is 5.75 Å². The van der Waals surface area contributed by atoms with Crippen molar-refractivity contribution in [2.45, 2.75) is 5.16 Å². The normalized spacial score (nSPS) is 10.6. The van der Waals surface area contributed by atoms with Gasteiger partial charge in [0.1, 0.15) is 5.82 Å². The van der Waals surface area contributed by atoms with E-state index in [4.69, 9.17) is 0 Å². The lowest BCUT2D eigenvalue weighted by Gasteiger charge is -2.03. The topological polar surface area (TPSA) is 99.8 Å². The van der Waals surface area contributed by atoms with E-state index in [9.17, 15) is 9.59 Å². The van der Waals surface area contributed by atoms with Gasteiger partial charge in [0.25, 0.3) is 0 Å². The van der Waals surface area contributed by atoms with E-state index in [0.717, 1.165) is 16.6 Å². The number of carbonyl (C=O) groups is 2. The molecule has 0 atom stereocenters. The fraction of sp³-hybridized carbons (Fsp3) is 0.143. The molecule has 2 rings (SSSR count). The third-order valence-electron chi connectivity index (χ3n) is 2.42. The van der Waals surface area contributed by atoms with Crippen molar-refractivity contribution in [2.75, 3.05) is 12.3 Å². The van der Waals surface area contributed by atoms with E-state index in [1.54, 1.807) is 11.3 Å². The lowest BCUT2D eigenvalue weighted by Crippen LogP contribution is -2.40. The largest absolute Gasteiger partial charge is 0.334 e. The molecule has 0 aliphatic carbocycles. The van der Waals surface area contributed by atoms with Crippen LogP contribution in [0.15, 0.2) is 35.3 Å². The minimum atomic E-state index is -0.551. The number of thiophene rings is 1. The highest BCUT2D eigenvalue weighted by Gasteiger charge is 2.09. The Bertz CT molecular complexity index is 694. The number of hydrogen-bond donors (Lipinski definition) is 3. The Morgan fingerprint density at radius 2 is 2.30 bits per heavy atom. The molecule has 7 nitrogen and oxygen atoms in total. The van der Waals surface area contributed by atoms with E-state index in [0.29, 0.717) is 17.5 Å². The summed E-state index contributed by atoms with van der Waals surface area (Å²) < 4.78 is 0. The molecule has 0 aromatic carbocycles. The van der Waals surface area contributed by atoms with Crippen LogP contribution in [0, 0.1) is 0 Å². The maximum atomic E-state index is 11.6. The Balaban J connectivity index is 1.77. The molecule has 0 aliphatic heterocycles. The van der Waals surface area contributed by atoms with Gasteiger partial charge >= 0.3 is 6.03 Å². The number of amides is 3. The fourth-order valence-electron chi connectivity index (χ4n) is 1.45. The first-order valence-corrected chi connectivity index (χ1v) is 8.49. The molecule has 0 aliphatic rings. The lowest BCUT2D eigenvalue weighted by atomic mass is 10.4. The second-order valence-electron chi connectivity index (χ2n) is 4.19. The molecule has 2 aromatic heterocycles. The Hall–Kier alpha value is -2.39. The van der Waals surface area contributed by atoms with Gasteiger partial charge in [-0.3, -0.25) is 15.2 Å². The number of H-pyrrole nitrogens is 1. The van der Waals surface area contributed by atoms with Crippen LogP contribution in [-0.2, 0) is 4.79 Å². The molecule has 3 N–H and O–H groups in total. The maximum Gasteiger partial charge on any atom is 0.321 e. The van der Waals surface area contributed by atoms with Gasteiger partial charge in [-0.2, -0.15) is 0 Å². The van der Waals surface area contributed by atoms with Gasteiger partial charge in [0.05, 0.1) is 5.75 Å². The maximum absolute atomic E-state index is 11.6. The molecule has 23 heavy (non-hydrogen) atoms. The molecular weight excluding hydrogens is 334 g/mol. The predicted molar refractivity (Wildman–Crippen MR) is 92.1 cm³/mol. The summed E-state index contributed by atoms with van der Waals surface area (Å²) in [5.41, 5.74) is 0. The summed E-state index contributed by atoms with van der Waals surface area (Å²) in [6, 6.07) is 3.41. The van der Waals surface area contributed by atoms with Crippen LogP contribution < -0.4 is 10.6 Å². The van der Waals surface area contributed by atoms with Crippen molar-refractivity contribution in [2.24, 2.45) is 0 Å². The Morgan fingerprint density at radius 3 is 3.04 bits per heavy atom. The van der Waals surface area contributed by atoms with E-state index in [1.807, 2.05) is 29.7 Å². The van der Waals surface area contributed by atoms with Gasteiger partial charge in [0.15, 0.2) is 0 Å². The first kappa shape index (κ1) is 17.0. The molecule has 0 spiro atoms. The monoisotopic (exact) mass is 349 g/mol. The highest BCUT2D eigenvalue weighted by atomic mass is 32.2. The van der Waals surface area contributed by atoms with Crippen LogP contribution in [0.1, 0.15) is 10.7 Å². The quantitative estimate of drug-likeness (QED) is 0.525. The van der Waals surface area contributed by atoms with Crippen molar-refractivity contribution in [3.05, 3.63) is 40.9 Å². The predicted octanol–water partition coefficient (Wildman–Crippen LogP) is 2.14. The van der Waals surface area contributed by atoms with E-state index < -0.39 is 11.9 Å². The van der Waals surface area contributed by atoms with Gasteiger partial charge in [0.2, 0.25) is 11.1 Å². The van der Waals surface area contributed by atoms with Crippen molar-refractivity contribution in [3.8, 4) is 0 Å². The van der Waals surface area contributed by atoms with Crippen LogP contribution in [0.2, 0.25) is 0 Å². The zero-order valence-electron chi connectivity index (χ0n) is 12.1. The zero-order valence-corrected chi connectivity index (χ0v) is 13.7. The van der Waals surface area contributed by atoms with Gasteiger partial charge in [-0.05, 0) is 23.6 Å². The highest BCUT2D eigenvalue weighted by molar-refractivity contribution is 7.99. The molecule has 9 heteroatoms. The molecule has 0 saturated heterocycles. The van der Waals surface area contributed by atoms with Crippen molar-refractivity contribution in [1.82, 2.24) is 25.8 Å². The first-order valence-electron chi connectivity index (χ1n) is 6.62. The molecule has 0 saturated carbocycles. The summed E-state index contributed by atoms with van der Waals surface area (Å²) in [6.07, 6.45) is 5.26. The smallest absolute Gasteiger partial charge is 0.321 e. The fourth-order valence-corrected chi connectivity index (χ4v) is 2.67. The number of nitrogens with zero attached hydrogens (tertiary/aromatic N) is 2. The number of urea groups is 1. The van der Waals surface area contributed by atoms with Crippen LogP contribution in [0.5, 0.6) is 0 Å². The average Bonchev–Trinajstić information content (AvgIpc) is 3.20. The first-order chi connectivity index (χ1) is 11.2. The number of rotatable bonds is 7. The molecule has 0 radical (unpaired) electrons. The molecule has 0 fully saturated rings. The number of hydrogen-bond acceptors (Lipinski definition) is 6. The number of thioether (sulfide) groups is 1. The summed E-state index contributed by atoms with van der Waals surface area (Å²) in [7, 11) is 0. The summed E-state index contributed by atoms with van der Waals surface area (Å²) in [5.74, 6) is 0.232. The van der Waals surface area contributed by atoms with Crippen molar-refractivity contribution >= 4 is 47.2 Å². The molecular formula is C14H15N5O2S2. The van der Waals surface area contributed by atoms with Crippen LogP contribution in [-0.4, -0.2) is 39.4 Å².